The minimum absolute atomic E-state index is 0.00139. The van der Waals surface area contributed by atoms with Crippen molar-refractivity contribution < 1.29 is 4.79 Å². The summed E-state index contributed by atoms with van der Waals surface area (Å²) in [5, 5.41) is 0. The highest BCUT2D eigenvalue weighted by molar-refractivity contribution is 8.01. The van der Waals surface area contributed by atoms with E-state index in [1.807, 2.05) is 0 Å². The second kappa shape index (κ2) is 3.19. The normalized spacial score (nSPS) is 30.6. The molecule has 1 saturated carbocycles. The first-order chi connectivity index (χ1) is 6.19. The molecular formula is C10H17NOS. The predicted octanol–water partition coefficient (Wildman–Crippen LogP) is 1.89. The molecule has 2 fully saturated rings. The highest BCUT2D eigenvalue weighted by Crippen LogP contribution is 2.49. The first-order valence-electron chi connectivity index (χ1n) is 5.06. The largest absolute Gasteiger partial charge is 0.339 e. The summed E-state index contributed by atoms with van der Waals surface area (Å²) in [6.45, 7) is 3.16. The maximum absolute atomic E-state index is 12.1. The fraction of sp³-hybridized carbons (Fsp3) is 0.900. The van der Waals surface area contributed by atoms with Crippen LogP contribution in [0.2, 0.25) is 0 Å². The lowest BCUT2D eigenvalue weighted by Gasteiger charge is -2.25. The molecule has 1 aliphatic heterocycles. The monoisotopic (exact) mass is 199 g/mol. The highest BCUT2D eigenvalue weighted by atomic mass is 32.2. The number of hydrogen-bond donors (Lipinski definition) is 0. The molecule has 0 aromatic carbocycles. The van der Waals surface area contributed by atoms with E-state index in [0.717, 1.165) is 19.4 Å². The Morgan fingerprint density at radius 1 is 1.54 bits per heavy atom. The second-order valence-corrected chi connectivity index (χ2v) is 5.38. The van der Waals surface area contributed by atoms with Crippen molar-refractivity contribution in [1.82, 2.24) is 4.90 Å². The standard InChI is InChI=1S/C10H17NOS/c1-8-4-3-7-11(8)9(12)10(13-2)5-6-10/h8H,3-7H2,1-2H3. The molecule has 74 valence electrons. The Balaban J connectivity index is 2.04. The van der Waals surface area contributed by atoms with Crippen molar-refractivity contribution >= 4 is 17.7 Å². The van der Waals surface area contributed by atoms with E-state index in [0.29, 0.717) is 11.9 Å². The molecule has 2 aliphatic rings. The molecule has 1 saturated heterocycles. The Morgan fingerprint density at radius 2 is 2.23 bits per heavy atom. The predicted molar refractivity (Wildman–Crippen MR) is 55.9 cm³/mol. The quantitative estimate of drug-likeness (QED) is 0.677. The lowest BCUT2D eigenvalue weighted by Crippen LogP contribution is -2.40. The zero-order valence-corrected chi connectivity index (χ0v) is 9.19. The highest BCUT2D eigenvalue weighted by Gasteiger charge is 2.52. The molecule has 0 spiro atoms. The van der Waals surface area contributed by atoms with Gasteiger partial charge in [0.1, 0.15) is 0 Å². The lowest BCUT2D eigenvalue weighted by molar-refractivity contribution is -0.131. The van der Waals surface area contributed by atoms with E-state index < -0.39 is 0 Å². The lowest BCUT2D eigenvalue weighted by atomic mass is 10.2. The van der Waals surface area contributed by atoms with Crippen molar-refractivity contribution in [2.24, 2.45) is 0 Å². The van der Waals surface area contributed by atoms with Crippen LogP contribution in [0.1, 0.15) is 32.6 Å². The molecule has 0 N–H and O–H groups in total. The van der Waals surface area contributed by atoms with Crippen LogP contribution in [-0.4, -0.2) is 34.4 Å². The van der Waals surface area contributed by atoms with Crippen molar-refractivity contribution in [2.45, 2.75) is 43.4 Å². The molecule has 2 rings (SSSR count). The number of thioether (sulfide) groups is 1. The summed E-state index contributed by atoms with van der Waals surface area (Å²) in [7, 11) is 0. The van der Waals surface area contributed by atoms with Gasteiger partial charge in [0.2, 0.25) is 5.91 Å². The maximum Gasteiger partial charge on any atom is 0.239 e. The van der Waals surface area contributed by atoms with E-state index in [9.17, 15) is 4.79 Å². The van der Waals surface area contributed by atoms with E-state index in [1.54, 1.807) is 11.8 Å². The van der Waals surface area contributed by atoms with Gasteiger partial charge in [0, 0.05) is 12.6 Å². The van der Waals surface area contributed by atoms with Crippen molar-refractivity contribution in [1.29, 1.82) is 0 Å². The number of nitrogens with zero attached hydrogens (tertiary/aromatic N) is 1. The molecule has 1 atom stereocenters. The summed E-state index contributed by atoms with van der Waals surface area (Å²) < 4.78 is -0.00139. The second-order valence-electron chi connectivity index (χ2n) is 4.19. The van der Waals surface area contributed by atoms with Crippen LogP contribution in [0.25, 0.3) is 0 Å². The SMILES string of the molecule is CSC1(C(=O)N2CCCC2C)CC1. The fourth-order valence-corrected chi connectivity index (χ4v) is 2.92. The number of likely N-dealkylation sites (tertiary alicyclic amines) is 1. The molecule has 1 unspecified atom stereocenters. The van der Waals surface area contributed by atoms with Crippen LogP contribution in [0.15, 0.2) is 0 Å². The van der Waals surface area contributed by atoms with Crippen LogP contribution in [0.5, 0.6) is 0 Å². The third-order valence-corrected chi connectivity index (χ3v) is 4.66. The maximum atomic E-state index is 12.1. The van der Waals surface area contributed by atoms with Gasteiger partial charge in [-0.3, -0.25) is 4.79 Å². The summed E-state index contributed by atoms with van der Waals surface area (Å²) in [5.74, 6) is 0.407. The van der Waals surface area contributed by atoms with Crippen molar-refractivity contribution in [3.63, 3.8) is 0 Å². The molecule has 1 amide bonds. The molecule has 0 aromatic rings. The number of rotatable bonds is 2. The smallest absolute Gasteiger partial charge is 0.239 e. The van der Waals surface area contributed by atoms with Gasteiger partial charge in [0.05, 0.1) is 4.75 Å². The average Bonchev–Trinajstić information content (AvgIpc) is 2.83. The molecule has 0 bridgehead atoms. The Bertz CT molecular complexity index is 225. The average molecular weight is 199 g/mol. The Kier molecular flexibility index (Phi) is 2.30. The zero-order chi connectivity index (χ0) is 9.47. The van der Waals surface area contributed by atoms with Crippen LogP contribution in [-0.2, 0) is 4.79 Å². The Morgan fingerprint density at radius 3 is 2.62 bits per heavy atom. The molecule has 1 aliphatic carbocycles. The molecule has 3 heteroatoms. The number of amides is 1. The van der Waals surface area contributed by atoms with E-state index >= 15 is 0 Å². The van der Waals surface area contributed by atoms with Gasteiger partial charge in [-0.1, -0.05) is 0 Å². The van der Waals surface area contributed by atoms with Gasteiger partial charge in [-0.25, -0.2) is 0 Å². The number of carbonyl (C=O) groups is 1. The molecular weight excluding hydrogens is 182 g/mol. The molecule has 13 heavy (non-hydrogen) atoms. The van der Waals surface area contributed by atoms with E-state index in [1.165, 1.54) is 12.8 Å². The third kappa shape index (κ3) is 1.47. The molecule has 0 radical (unpaired) electrons. The first-order valence-corrected chi connectivity index (χ1v) is 6.28. The number of carbonyl (C=O) groups excluding carboxylic acids is 1. The van der Waals surface area contributed by atoms with E-state index in [2.05, 4.69) is 18.1 Å². The Labute approximate surface area is 84.1 Å². The summed E-state index contributed by atoms with van der Waals surface area (Å²) in [5.41, 5.74) is 0. The Hall–Kier alpha value is -0.180. The van der Waals surface area contributed by atoms with Gasteiger partial charge in [-0.15, -0.1) is 11.8 Å². The van der Waals surface area contributed by atoms with Crippen LogP contribution < -0.4 is 0 Å². The topological polar surface area (TPSA) is 20.3 Å². The van der Waals surface area contributed by atoms with Crippen molar-refractivity contribution in [3.05, 3.63) is 0 Å². The molecule has 0 aromatic heterocycles. The van der Waals surface area contributed by atoms with Crippen LogP contribution >= 0.6 is 11.8 Å². The minimum Gasteiger partial charge on any atom is -0.339 e. The first kappa shape index (κ1) is 9.38. The summed E-state index contributed by atoms with van der Waals surface area (Å²) in [6, 6.07) is 0.483. The van der Waals surface area contributed by atoms with Gasteiger partial charge in [-0.2, -0.15) is 0 Å². The van der Waals surface area contributed by atoms with Crippen molar-refractivity contribution in [2.75, 3.05) is 12.8 Å². The number of hydrogen-bond acceptors (Lipinski definition) is 2. The van der Waals surface area contributed by atoms with E-state index in [-0.39, 0.29) is 4.75 Å². The van der Waals surface area contributed by atoms with Gasteiger partial charge >= 0.3 is 0 Å². The minimum atomic E-state index is -0.00139. The van der Waals surface area contributed by atoms with Crippen LogP contribution in [0.3, 0.4) is 0 Å². The van der Waals surface area contributed by atoms with Crippen LogP contribution in [0.4, 0.5) is 0 Å². The fourth-order valence-electron chi connectivity index (χ4n) is 2.12. The molecule has 1 heterocycles. The van der Waals surface area contributed by atoms with E-state index in [4.69, 9.17) is 0 Å². The van der Waals surface area contributed by atoms with Gasteiger partial charge in [0.15, 0.2) is 0 Å². The summed E-state index contributed by atoms with van der Waals surface area (Å²) in [6.07, 6.45) is 6.63. The third-order valence-electron chi connectivity index (χ3n) is 3.30. The van der Waals surface area contributed by atoms with Gasteiger partial charge < -0.3 is 4.90 Å². The van der Waals surface area contributed by atoms with Crippen molar-refractivity contribution in [3.8, 4) is 0 Å². The summed E-state index contributed by atoms with van der Waals surface area (Å²) in [4.78, 5) is 14.2. The van der Waals surface area contributed by atoms with Crippen LogP contribution in [0, 0.1) is 0 Å². The van der Waals surface area contributed by atoms with Gasteiger partial charge in [0.25, 0.3) is 0 Å². The molecule has 2 nitrogen and oxygen atoms in total. The summed E-state index contributed by atoms with van der Waals surface area (Å²) >= 11 is 1.74. The van der Waals surface area contributed by atoms with Gasteiger partial charge in [-0.05, 0) is 38.9 Å². The zero-order valence-electron chi connectivity index (χ0n) is 8.38.